The van der Waals surface area contributed by atoms with Crippen molar-refractivity contribution in [2.24, 2.45) is 5.92 Å². The van der Waals surface area contributed by atoms with Crippen LogP contribution in [0.2, 0.25) is 0 Å². The molecule has 0 aromatic carbocycles. The Morgan fingerprint density at radius 3 is 2.50 bits per heavy atom. The second kappa shape index (κ2) is 8.08. The van der Waals surface area contributed by atoms with E-state index >= 15 is 0 Å². The molecule has 1 aromatic heterocycles. The van der Waals surface area contributed by atoms with Crippen molar-refractivity contribution in [2.75, 3.05) is 25.0 Å². The first-order valence-corrected chi connectivity index (χ1v) is 6.63. The highest BCUT2D eigenvalue weighted by atomic mass is 16.2. The summed E-state index contributed by atoms with van der Waals surface area (Å²) in [5.74, 6) is 0.349. The number of rotatable bonds is 7. The molecule has 0 saturated carbocycles. The largest absolute Gasteiger partial charge is 0.369 e. The molecule has 0 aliphatic heterocycles. The molecule has 3 N–H and O–H groups in total. The molecule has 1 aromatic rings. The maximum atomic E-state index is 11.7. The Morgan fingerprint density at radius 1 is 1.20 bits per heavy atom. The molecular formula is C13H21N5O2. The number of amides is 2. The van der Waals surface area contributed by atoms with Gasteiger partial charge >= 0.3 is 0 Å². The minimum atomic E-state index is -0.416. The number of hydrogen-bond acceptors (Lipinski definition) is 5. The third kappa shape index (κ3) is 5.64. The Hall–Kier alpha value is -2.18. The molecule has 1 heterocycles. The average Bonchev–Trinajstić information content (AvgIpc) is 2.43. The van der Waals surface area contributed by atoms with Crippen molar-refractivity contribution in [1.29, 1.82) is 0 Å². The highest BCUT2D eigenvalue weighted by molar-refractivity contribution is 5.94. The van der Waals surface area contributed by atoms with Crippen molar-refractivity contribution >= 4 is 17.6 Å². The van der Waals surface area contributed by atoms with Crippen LogP contribution in [-0.4, -0.2) is 41.4 Å². The van der Waals surface area contributed by atoms with Crippen LogP contribution in [-0.2, 0) is 4.79 Å². The number of carbonyl (C=O) groups is 2. The van der Waals surface area contributed by atoms with E-state index in [-0.39, 0.29) is 18.1 Å². The van der Waals surface area contributed by atoms with E-state index < -0.39 is 5.91 Å². The first kappa shape index (κ1) is 15.9. The van der Waals surface area contributed by atoms with Crippen LogP contribution in [0, 0.1) is 5.92 Å². The summed E-state index contributed by atoms with van der Waals surface area (Å²) in [5.41, 5.74) is 0.184. The van der Waals surface area contributed by atoms with E-state index in [9.17, 15) is 9.59 Å². The van der Waals surface area contributed by atoms with Gasteiger partial charge in [0, 0.05) is 13.1 Å². The van der Waals surface area contributed by atoms with Crippen molar-refractivity contribution in [3.63, 3.8) is 0 Å². The fourth-order valence-corrected chi connectivity index (χ4v) is 1.35. The Bertz CT molecular complexity index is 445. The van der Waals surface area contributed by atoms with Crippen LogP contribution in [0.3, 0.4) is 0 Å². The minimum absolute atomic E-state index is 0.0673. The first-order chi connectivity index (χ1) is 9.52. The summed E-state index contributed by atoms with van der Waals surface area (Å²) in [4.78, 5) is 31.2. The van der Waals surface area contributed by atoms with Gasteiger partial charge in [0.25, 0.3) is 5.91 Å². The lowest BCUT2D eigenvalue weighted by Crippen LogP contribution is -2.38. The van der Waals surface area contributed by atoms with Gasteiger partial charge in [0.1, 0.15) is 11.5 Å². The van der Waals surface area contributed by atoms with Gasteiger partial charge in [-0.15, -0.1) is 0 Å². The molecule has 0 atom stereocenters. The molecule has 0 aliphatic rings. The Kier molecular flexibility index (Phi) is 6.42. The third-order valence-corrected chi connectivity index (χ3v) is 2.36. The van der Waals surface area contributed by atoms with Crippen LogP contribution in [0.25, 0.3) is 0 Å². The standard InChI is InChI=1S/C13H21N5O2/c1-4-14-11-7-15-10(6-16-11)13(20)18-8-12(19)17-5-9(2)3/h6-7,9H,4-5,8H2,1-3H3,(H,14,16)(H,17,19)(H,18,20). The Labute approximate surface area is 118 Å². The maximum absolute atomic E-state index is 11.7. The zero-order chi connectivity index (χ0) is 15.0. The molecule has 7 heteroatoms. The summed E-state index contributed by atoms with van der Waals surface area (Å²) in [6, 6.07) is 0. The van der Waals surface area contributed by atoms with Crippen LogP contribution < -0.4 is 16.0 Å². The highest BCUT2D eigenvalue weighted by Crippen LogP contribution is 2.00. The molecule has 0 radical (unpaired) electrons. The van der Waals surface area contributed by atoms with Crippen molar-refractivity contribution in [2.45, 2.75) is 20.8 Å². The number of hydrogen-bond donors (Lipinski definition) is 3. The van der Waals surface area contributed by atoms with Crippen LogP contribution in [0.1, 0.15) is 31.3 Å². The summed E-state index contributed by atoms with van der Waals surface area (Å²) >= 11 is 0. The number of carbonyl (C=O) groups excluding carboxylic acids is 2. The topological polar surface area (TPSA) is 96.0 Å². The Morgan fingerprint density at radius 2 is 1.95 bits per heavy atom. The molecule has 0 bridgehead atoms. The van der Waals surface area contributed by atoms with E-state index in [1.165, 1.54) is 12.4 Å². The van der Waals surface area contributed by atoms with Crippen LogP contribution in [0.5, 0.6) is 0 Å². The van der Waals surface area contributed by atoms with Gasteiger partial charge in [-0.05, 0) is 12.8 Å². The SMILES string of the molecule is CCNc1cnc(C(=O)NCC(=O)NCC(C)C)cn1. The molecule has 7 nitrogen and oxygen atoms in total. The maximum Gasteiger partial charge on any atom is 0.271 e. The lowest BCUT2D eigenvalue weighted by atomic mass is 10.2. The average molecular weight is 279 g/mol. The normalized spacial score (nSPS) is 10.2. The van der Waals surface area contributed by atoms with Gasteiger partial charge in [0.2, 0.25) is 5.91 Å². The molecule has 0 unspecified atom stereocenters. The van der Waals surface area contributed by atoms with Gasteiger partial charge in [-0.1, -0.05) is 13.8 Å². The second-order valence-corrected chi connectivity index (χ2v) is 4.70. The monoisotopic (exact) mass is 279 g/mol. The number of anilines is 1. The molecule has 0 fully saturated rings. The zero-order valence-corrected chi connectivity index (χ0v) is 12.1. The second-order valence-electron chi connectivity index (χ2n) is 4.70. The lowest BCUT2D eigenvalue weighted by Gasteiger charge is -2.08. The minimum Gasteiger partial charge on any atom is -0.369 e. The number of aromatic nitrogens is 2. The van der Waals surface area contributed by atoms with E-state index in [0.29, 0.717) is 18.3 Å². The van der Waals surface area contributed by atoms with Gasteiger partial charge in [-0.3, -0.25) is 9.59 Å². The predicted octanol–water partition coefficient (Wildman–Crippen LogP) is 0.410. The lowest BCUT2D eigenvalue weighted by molar-refractivity contribution is -0.120. The summed E-state index contributed by atoms with van der Waals surface area (Å²) in [6.45, 7) is 7.20. The molecule has 110 valence electrons. The molecule has 0 spiro atoms. The van der Waals surface area contributed by atoms with Gasteiger partial charge < -0.3 is 16.0 Å². The molecule has 0 saturated heterocycles. The van der Waals surface area contributed by atoms with Crippen LogP contribution in [0.15, 0.2) is 12.4 Å². The van der Waals surface area contributed by atoms with Gasteiger partial charge in [0.05, 0.1) is 18.9 Å². The van der Waals surface area contributed by atoms with Crippen molar-refractivity contribution < 1.29 is 9.59 Å². The molecule has 1 rings (SSSR count). The molecule has 0 aliphatic carbocycles. The van der Waals surface area contributed by atoms with E-state index in [0.717, 1.165) is 6.54 Å². The summed E-state index contributed by atoms with van der Waals surface area (Å²) in [5, 5.41) is 8.20. The van der Waals surface area contributed by atoms with E-state index in [1.54, 1.807) is 0 Å². The predicted molar refractivity (Wildman–Crippen MR) is 76.4 cm³/mol. The van der Waals surface area contributed by atoms with E-state index in [1.807, 2.05) is 20.8 Å². The number of nitrogens with zero attached hydrogens (tertiary/aromatic N) is 2. The summed E-state index contributed by atoms with van der Waals surface area (Å²) in [7, 11) is 0. The van der Waals surface area contributed by atoms with Gasteiger partial charge in [-0.25, -0.2) is 9.97 Å². The number of nitrogens with one attached hydrogen (secondary N) is 3. The van der Waals surface area contributed by atoms with Crippen molar-refractivity contribution in [3.8, 4) is 0 Å². The summed E-state index contributed by atoms with van der Waals surface area (Å²) < 4.78 is 0. The Balaban J connectivity index is 2.40. The zero-order valence-electron chi connectivity index (χ0n) is 12.1. The van der Waals surface area contributed by atoms with Crippen LogP contribution in [0.4, 0.5) is 5.82 Å². The third-order valence-electron chi connectivity index (χ3n) is 2.36. The molecule has 2 amide bonds. The van der Waals surface area contributed by atoms with E-state index in [2.05, 4.69) is 25.9 Å². The molecule has 20 heavy (non-hydrogen) atoms. The fraction of sp³-hybridized carbons (Fsp3) is 0.538. The fourth-order valence-electron chi connectivity index (χ4n) is 1.35. The highest BCUT2D eigenvalue weighted by Gasteiger charge is 2.10. The van der Waals surface area contributed by atoms with Crippen molar-refractivity contribution in [1.82, 2.24) is 20.6 Å². The van der Waals surface area contributed by atoms with E-state index in [4.69, 9.17) is 0 Å². The summed E-state index contributed by atoms with van der Waals surface area (Å²) in [6.07, 6.45) is 2.86. The first-order valence-electron chi connectivity index (χ1n) is 6.63. The quantitative estimate of drug-likeness (QED) is 0.672. The van der Waals surface area contributed by atoms with Crippen molar-refractivity contribution in [3.05, 3.63) is 18.1 Å². The van der Waals surface area contributed by atoms with Gasteiger partial charge in [0.15, 0.2) is 0 Å². The molecular weight excluding hydrogens is 258 g/mol. The smallest absolute Gasteiger partial charge is 0.271 e. The van der Waals surface area contributed by atoms with Gasteiger partial charge in [-0.2, -0.15) is 0 Å². The van der Waals surface area contributed by atoms with Crippen LogP contribution >= 0.6 is 0 Å².